The van der Waals surface area contributed by atoms with Gasteiger partial charge >= 0.3 is 6.18 Å². The number of rotatable bonds is 0. The number of alkyl halides is 3. The van der Waals surface area contributed by atoms with Crippen LogP contribution in [0, 0.1) is 0 Å². The predicted molar refractivity (Wildman–Crippen MR) is 63.1 cm³/mol. The Hall–Kier alpha value is -2.17. The molecule has 1 aromatic heterocycles. The van der Waals surface area contributed by atoms with Crippen molar-refractivity contribution >= 4 is 27.6 Å². The van der Waals surface area contributed by atoms with E-state index in [2.05, 4.69) is 0 Å². The van der Waals surface area contributed by atoms with Crippen molar-refractivity contribution in [2.45, 2.75) is 6.18 Å². The van der Waals surface area contributed by atoms with Crippen LogP contribution in [0.5, 0.6) is 0 Å². The molecule has 3 aromatic rings. The lowest BCUT2D eigenvalue weighted by atomic mass is 10.1. The Balaban J connectivity index is 2.42. The maximum absolute atomic E-state index is 12.7. The second kappa shape index (κ2) is 3.41. The van der Waals surface area contributed by atoms with Crippen molar-refractivity contribution < 1.29 is 17.6 Å². The molecule has 0 unspecified atom stereocenters. The van der Waals surface area contributed by atoms with Crippen LogP contribution in [0.3, 0.4) is 0 Å². The molecule has 92 valence electrons. The normalized spacial score (nSPS) is 12.4. The molecule has 2 nitrogen and oxygen atoms in total. The highest BCUT2D eigenvalue weighted by molar-refractivity contribution is 6.10. The summed E-state index contributed by atoms with van der Waals surface area (Å²) in [5.41, 5.74) is 6.37. The average Bonchev–Trinajstić information content (AvgIpc) is 2.66. The van der Waals surface area contributed by atoms with E-state index < -0.39 is 11.7 Å². The van der Waals surface area contributed by atoms with E-state index in [1.165, 1.54) is 6.07 Å². The molecule has 0 aliphatic carbocycles. The third-order valence-electron chi connectivity index (χ3n) is 2.85. The fourth-order valence-electron chi connectivity index (χ4n) is 2.03. The Bertz CT molecular complexity index is 743. The summed E-state index contributed by atoms with van der Waals surface area (Å²) in [7, 11) is 0. The SMILES string of the molecule is Nc1cccc2oc3ccc(C(F)(F)F)cc3c12. The molecule has 0 amide bonds. The quantitative estimate of drug-likeness (QED) is 0.608. The minimum atomic E-state index is -4.37. The smallest absolute Gasteiger partial charge is 0.416 e. The van der Waals surface area contributed by atoms with Crippen LogP contribution < -0.4 is 5.73 Å². The number of hydrogen-bond donors (Lipinski definition) is 1. The monoisotopic (exact) mass is 251 g/mol. The highest BCUT2D eigenvalue weighted by atomic mass is 19.4. The van der Waals surface area contributed by atoms with Crippen LogP contribution in [0.2, 0.25) is 0 Å². The van der Waals surface area contributed by atoms with Crippen LogP contribution in [-0.4, -0.2) is 0 Å². The van der Waals surface area contributed by atoms with Gasteiger partial charge in [-0.1, -0.05) is 6.07 Å². The number of nitrogens with two attached hydrogens (primary N) is 1. The zero-order valence-electron chi connectivity index (χ0n) is 9.08. The van der Waals surface area contributed by atoms with Crippen LogP contribution in [0.1, 0.15) is 5.56 Å². The van der Waals surface area contributed by atoms with Gasteiger partial charge in [0.25, 0.3) is 0 Å². The third-order valence-corrected chi connectivity index (χ3v) is 2.85. The third kappa shape index (κ3) is 1.51. The first-order valence-electron chi connectivity index (χ1n) is 5.25. The van der Waals surface area contributed by atoms with Gasteiger partial charge in [-0.05, 0) is 30.3 Å². The Kier molecular flexibility index (Phi) is 2.08. The molecule has 0 aliphatic rings. The van der Waals surface area contributed by atoms with Gasteiger partial charge in [0.1, 0.15) is 11.2 Å². The first-order valence-corrected chi connectivity index (χ1v) is 5.25. The molecule has 3 rings (SSSR count). The summed E-state index contributed by atoms with van der Waals surface area (Å²) in [5, 5.41) is 0.913. The highest BCUT2D eigenvalue weighted by Gasteiger charge is 2.31. The second-order valence-electron chi connectivity index (χ2n) is 4.03. The molecule has 5 heteroatoms. The van der Waals surface area contributed by atoms with Crippen LogP contribution in [-0.2, 0) is 6.18 Å². The van der Waals surface area contributed by atoms with E-state index >= 15 is 0 Å². The van der Waals surface area contributed by atoms with E-state index in [1.807, 2.05) is 0 Å². The molecule has 0 saturated carbocycles. The summed E-state index contributed by atoms with van der Waals surface area (Å²) in [6.07, 6.45) is -4.37. The lowest BCUT2D eigenvalue weighted by Gasteiger charge is -2.05. The van der Waals surface area contributed by atoms with Gasteiger partial charge in [0, 0.05) is 11.1 Å². The van der Waals surface area contributed by atoms with Gasteiger partial charge in [-0.25, -0.2) is 0 Å². The predicted octanol–water partition coefficient (Wildman–Crippen LogP) is 4.19. The van der Waals surface area contributed by atoms with Crippen LogP contribution in [0.15, 0.2) is 40.8 Å². The molecule has 2 aromatic carbocycles. The zero-order chi connectivity index (χ0) is 12.9. The first-order chi connectivity index (χ1) is 8.47. The number of nitrogen functional groups attached to an aromatic ring is 1. The Morgan fingerprint density at radius 1 is 1.00 bits per heavy atom. The van der Waals surface area contributed by atoms with Crippen LogP contribution in [0.4, 0.5) is 18.9 Å². The fourth-order valence-corrected chi connectivity index (χ4v) is 2.03. The van der Waals surface area contributed by atoms with Crippen LogP contribution >= 0.6 is 0 Å². The van der Waals surface area contributed by atoms with Crippen molar-refractivity contribution in [3.63, 3.8) is 0 Å². The highest BCUT2D eigenvalue weighted by Crippen LogP contribution is 2.37. The lowest BCUT2D eigenvalue weighted by molar-refractivity contribution is -0.137. The van der Waals surface area contributed by atoms with Gasteiger partial charge in [-0.3, -0.25) is 0 Å². The Morgan fingerprint density at radius 2 is 1.78 bits per heavy atom. The number of hydrogen-bond acceptors (Lipinski definition) is 2. The van der Waals surface area contributed by atoms with Crippen molar-refractivity contribution in [3.8, 4) is 0 Å². The molecule has 0 bridgehead atoms. The lowest BCUT2D eigenvalue weighted by Crippen LogP contribution is -2.03. The van der Waals surface area contributed by atoms with Gasteiger partial charge in [0.15, 0.2) is 0 Å². The Morgan fingerprint density at radius 3 is 2.50 bits per heavy atom. The van der Waals surface area contributed by atoms with E-state index in [0.717, 1.165) is 12.1 Å². The molecule has 0 fully saturated rings. The summed E-state index contributed by atoms with van der Waals surface area (Å²) in [6, 6.07) is 8.40. The molecule has 0 aliphatic heterocycles. The van der Waals surface area contributed by atoms with E-state index in [0.29, 0.717) is 27.6 Å². The topological polar surface area (TPSA) is 39.2 Å². The second-order valence-corrected chi connectivity index (χ2v) is 4.03. The molecule has 0 radical (unpaired) electrons. The van der Waals surface area contributed by atoms with Crippen molar-refractivity contribution in [1.29, 1.82) is 0 Å². The van der Waals surface area contributed by atoms with Crippen molar-refractivity contribution in [3.05, 3.63) is 42.0 Å². The molecule has 0 saturated heterocycles. The minimum absolute atomic E-state index is 0.387. The van der Waals surface area contributed by atoms with E-state index in [4.69, 9.17) is 10.2 Å². The maximum atomic E-state index is 12.7. The number of benzene rings is 2. The molecule has 18 heavy (non-hydrogen) atoms. The number of fused-ring (bicyclic) bond motifs is 3. The summed E-state index contributed by atoms with van der Waals surface area (Å²) in [4.78, 5) is 0. The van der Waals surface area contributed by atoms with Gasteiger partial charge in [-0.2, -0.15) is 13.2 Å². The van der Waals surface area contributed by atoms with Crippen molar-refractivity contribution in [2.24, 2.45) is 0 Å². The summed E-state index contributed by atoms with van der Waals surface area (Å²) in [6.45, 7) is 0. The van der Waals surface area contributed by atoms with E-state index in [-0.39, 0.29) is 0 Å². The standard InChI is InChI=1S/C13H8F3NO/c14-13(15,16)7-4-5-10-8(6-7)12-9(17)2-1-3-11(12)18-10/h1-6H,17H2. The first kappa shape index (κ1) is 11.0. The minimum Gasteiger partial charge on any atom is -0.456 e. The number of furan rings is 1. The molecule has 1 heterocycles. The molecule has 0 atom stereocenters. The summed E-state index contributed by atoms with van der Waals surface area (Å²) < 4.78 is 43.4. The van der Waals surface area contributed by atoms with Gasteiger partial charge < -0.3 is 10.2 Å². The summed E-state index contributed by atoms with van der Waals surface area (Å²) in [5.74, 6) is 0. The fraction of sp³-hybridized carbons (Fsp3) is 0.0769. The number of halogens is 3. The maximum Gasteiger partial charge on any atom is 0.416 e. The molecular formula is C13H8F3NO. The van der Waals surface area contributed by atoms with E-state index in [1.54, 1.807) is 18.2 Å². The molecule has 0 spiro atoms. The van der Waals surface area contributed by atoms with Crippen LogP contribution in [0.25, 0.3) is 21.9 Å². The number of anilines is 1. The van der Waals surface area contributed by atoms with Crippen molar-refractivity contribution in [2.75, 3.05) is 5.73 Å². The summed E-state index contributed by atoms with van der Waals surface area (Å²) >= 11 is 0. The van der Waals surface area contributed by atoms with Gasteiger partial charge in [0.05, 0.1) is 10.9 Å². The van der Waals surface area contributed by atoms with Gasteiger partial charge in [0.2, 0.25) is 0 Å². The van der Waals surface area contributed by atoms with Gasteiger partial charge in [-0.15, -0.1) is 0 Å². The molecule has 2 N–H and O–H groups in total. The van der Waals surface area contributed by atoms with E-state index in [9.17, 15) is 13.2 Å². The largest absolute Gasteiger partial charge is 0.456 e. The average molecular weight is 251 g/mol. The molecular weight excluding hydrogens is 243 g/mol. The Labute approximate surface area is 99.8 Å². The van der Waals surface area contributed by atoms with Crippen molar-refractivity contribution in [1.82, 2.24) is 0 Å². The zero-order valence-corrected chi connectivity index (χ0v) is 9.08.